The van der Waals surface area contributed by atoms with Crippen molar-refractivity contribution in [2.75, 3.05) is 13.2 Å². The minimum Gasteiger partial charge on any atom is -0.493 e. The minimum atomic E-state index is -0.737. The van der Waals surface area contributed by atoms with Crippen molar-refractivity contribution in [1.29, 1.82) is 0 Å². The smallest absolute Gasteiger partial charge is 0.122 e. The van der Waals surface area contributed by atoms with Crippen LogP contribution in [-0.2, 0) is 12.8 Å². The van der Waals surface area contributed by atoms with E-state index in [1.165, 1.54) is 11.1 Å². The first-order valence-corrected chi connectivity index (χ1v) is 7.02. The Balaban J connectivity index is 1.90. The van der Waals surface area contributed by atoms with Gasteiger partial charge >= 0.3 is 0 Å². The molecule has 1 aliphatic heterocycles. The summed E-state index contributed by atoms with van der Waals surface area (Å²) in [4.78, 5) is 0. The van der Waals surface area contributed by atoms with Gasteiger partial charge in [-0.1, -0.05) is 12.1 Å². The third kappa shape index (κ3) is 3.28. The van der Waals surface area contributed by atoms with Crippen molar-refractivity contribution in [3.63, 3.8) is 0 Å². The molecule has 0 aliphatic carbocycles. The molecule has 1 heterocycles. The lowest BCUT2D eigenvalue weighted by Gasteiger charge is -2.38. The first-order valence-electron chi connectivity index (χ1n) is 7.02. The molecule has 3 nitrogen and oxygen atoms in total. The Bertz CT molecular complexity index is 447. The first-order chi connectivity index (χ1) is 8.79. The molecule has 0 saturated heterocycles. The van der Waals surface area contributed by atoms with Crippen molar-refractivity contribution in [1.82, 2.24) is 5.32 Å². The molecule has 1 aromatic rings. The van der Waals surface area contributed by atoms with Crippen LogP contribution in [0.15, 0.2) is 18.2 Å². The minimum absolute atomic E-state index is 0.299. The molecular weight excluding hydrogens is 238 g/mol. The van der Waals surface area contributed by atoms with Gasteiger partial charge in [0.25, 0.3) is 0 Å². The number of nitrogens with one attached hydrogen (secondary N) is 1. The van der Waals surface area contributed by atoms with Crippen LogP contribution < -0.4 is 10.1 Å². The van der Waals surface area contributed by atoms with Gasteiger partial charge in [0.1, 0.15) is 5.75 Å². The van der Waals surface area contributed by atoms with Crippen LogP contribution in [0.3, 0.4) is 0 Å². The van der Waals surface area contributed by atoms with E-state index in [-0.39, 0.29) is 5.54 Å². The molecule has 0 saturated carbocycles. The quantitative estimate of drug-likeness (QED) is 0.856. The summed E-state index contributed by atoms with van der Waals surface area (Å²) in [6.07, 6.45) is 1.98. The fourth-order valence-electron chi connectivity index (χ4n) is 2.13. The molecule has 0 aromatic heterocycles. The molecule has 2 N–H and O–H groups in total. The molecule has 3 heteroatoms. The highest BCUT2D eigenvalue weighted by Gasteiger charge is 2.34. The first kappa shape index (κ1) is 14.4. The van der Waals surface area contributed by atoms with Gasteiger partial charge < -0.3 is 15.2 Å². The zero-order valence-electron chi connectivity index (χ0n) is 12.4. The topological polar surface area (TPSA) is 41.5 Å². The Morgan fingerprint density at radius 2 is 2.00 bits per heavy atom. The summed E-state index contributed by atoms with van der Waals surface area (Å²) in [6.45, 7) is 9.41. The van der Waals surface area contributed by atoms with Crippen LogP contribution in [0.25, 0.3) is 0 Å². The van der Waals surface area contributed by atoms with Crippen LogP contribution in [0.1, 0.15) is 38.8 Å². The van der Waals surface area contributed by atoms with Crippen LogP contribution in [0, 0.1) is 0 Å². The largest absolute Gasteiger partial charge is 0.493 e. The van der Waals surface area contributed by atoms with Crippen molar-refractivity contribution in [3.8, 4) is 5.75 Å². The van der Waals surface area contributed by atoms with Gasteiger partial charge in [-0.15, -0.1) is 0 Å². The Kier molecular flexibility index (Phi) is 3.88. The number of rotatable bonds is 5. The molecule has 0 bridgehead atoms. The highest BCUT2D eigenvalue weighted by Crippen LogP contribution is 2.26. The normalized spacial score (nSPS) is 15.2. The second-order valence-corrected chi connectivity index (χ2v) is 6.40. The Labute approximate surface area is 116 Å². The van der Waals surface area contributed by atoms with Crippen molar-refractivity contribution in [2.24, 2.45) is 0 Å². The third-order valence-electron chi connectivity index (χ3n) is 4.26. The fraction of sp³-hybridized carbons (Fsp3) is 0.625. The average molecular weight is 263 g/mol. The molecular formula is C16H25NO2. The van der Waals surface area contributed by atoms with Crippen molar-refractivity contribution in [3.05, 3.63) is 29.3 Å². The van der Waals surface area contributed by atoms with Gasteiger partial charge in [-0.2, -0.15) is 0 Å². The zero-order chi connectivity index (χ0) is 14.1. The second kappa shape index (κ2) is 5.14. The molecule has 0 radical (unpaired) electrons. The van der Waals surface area contributed by atoms with Gasteiger partial charge in [0.2, 0.25) is 0 Å². The second-order valence-electron chi connectivity index (χ2n) is 6.40. The van der Waals surface area contributed by atoms with Gasteiger partial charge in [-0.3, -0.25) is 0 Å². The number of hydrogen-bond acceptors (Lipinski definition) is 3. The molecule has 0 amide bonds. The number of hydrogen-bond donors (Lipinski definition) is 2. The van der Waals surface area contributed by atoms with Crippen molar-refractivity contribution in [2.45, 2.75) is 51.7 Å². The lowest BCUT2D eigenvalue weighted by Crippen LogP contribution is -2.56. The summed E-state index contributed by atoms with van der Waals surface area (Å²) in [5.41, 5.74) is 1.61. The van der Waals surface area contributed by atoms with Crippen molar-refractivity contribution < 1.29 is 9.84 Å². The van der Waals surface area contributed by atoms with E-state index in [0.29, 0.717) is 0 Å². The average Bonchev–Trinajstić information content (AvgIpc) is 2.74. The number of ether oxygens (including phenoxy) is 1. The molecule has 0 spiro atoms. The molecule has 0 fully saturated rings. The van der Waals surface area contributed by atoms with Crippen LogP contribution in [-0.4, -0.2) is 29.4 Å². The summed E-state index contributed by atoms with van der Waals surface area (Å²) in [6, 6.07) is 6.43. The maximum atomic E-state index is 10.1. The summed E-state index contributed by atoms with van der Waals surface area (Å²) in [5, 5.41) is 13.5. The highest BCUT2D eigenvalue weighted by atomic mass is 16.5. The summed E-state index contributed by atoms with van der Waals surface area (Å²) in [7, 11) is 0. The van der Waals surface area contributed by atoms with Gasteiger partial charge in [-0.05, 0) is 57.9 Å². The van der Waals surface area contributed by atoms with E-state index in [4.69, 9.17) is 4.74 Å². The van der Waals surface area contributed by atoms with Crippen LogP contribution in [0.4, 0.5) is 0 Å². The molecule has 1 aromatic carbocycles. The standard InChI is InChI=1S/C16H25NO2/c1-15(2,16(3,4)18)17-9-7-12-5-6-14-13(11-12)8-10-19-14/h5-6,11,17-18H,7-10H2,1-4H3. The van der Waals surface area contributed by atoms with Crippen molar-refractivity contribution >= 4 is 0 Å². The Morgan fingerprint density at radius 3 is 2.68 bits per heavy atom. The maximum absolute atomic E-state index is 10.1. The number of aliphatic hydroxyl groups is 1. The molecule has 19 heavy (non-hydrogen) atoms. The van der Waals surface area contributed by atoms with E-state index in [2.05, 4.69) is 23.5 Å². The lowest BCUT2D eigenvalue weighted by atomic mass is 9.86. The van der Waals surface area contributed by atoms with Crippen LogP contribution in [0.5, 0.6) is 5.75 Å². The van der Waals surface area contributed by atoms with E-state index < -0.39 is 5.60 Å². The van der Waals surface area contributed by atoms with Gasteiger partial charge in [0.05, 0.1) is 12.2 Å². The van der Waals surface area contributed by atoms with Crippen LogP contribution in [0.2, 0.25) is 0 Å². The van der Waals surface area contributed by atoms with E-state index in [1.54, 1.807) is 0 Å². The summed E-state index contributed by atoms with van der Waals surface area (Å²) in [5.74, 6) is 1.04. The van der Waals surface area contributed by atoms with E-state index in [9.17, 15) is 5.11 Å². The number of benzene rings is 1. The highest BCUT2D eigenvalue weighted by molar-refractivity contribution is 5.39. The molecule has 0 atom stereocenters. The Hall–Kier alpha value is -1.06. The van der Waals surface area contributed by atoms with Crippen LogP contribution >= 0.6 is 0 Å². The predicted octanol–water partition coefficient (Wildman–Crippen LogP) is 2.30. The molecule has 2 rings (SSSR count). The lowest BCUT2D eigenvalue weighted by molar-refractivity contribution is -0.00409. The summed E-state index contributed by atoms with van der Waals surface area (Å²) < 4.78 is 5.51. The Morgan fingerprint density at radius 1 is 1.26 bits per heavy atom. The SMILES string of the molecule is CC(C)(O)C(C)(C)NCCc1ccc2c(c1)CCO2. The third-order valence-corrected chi connectivity index (χ3v) is 4.26. The summed E-state index contributed by atoms with van der Waals surface area (Å²) >= 11 is 0. The molecule has 0 unspecified atom stereocenters. The number of fused-ring (bicyclic) bond motifs is 1. The van der Waals surface area contributed by atoms with Gasteiger partial charge in [-0.25, -0.2) is 0 Å². The predicted molar refractivity (Wildman–Crippen MR) is 77.7 cm³/mol. The maximum Gasteiger partial charge on any atom is 0.122 e. The fourth-order valence-corrected chi connectivity index (χ4v) is 2.13. The molecule has 106 valence electrons. The van der Waals surface area contributed by atoms with E-state index in [1.807, 2.05) is 27.7 Å². The van der Waals surface area contributed by atoms with Gasteiger partial charge in [0, 0.05) is 12.0 Å². The monoisotopic (exact) mass is 263 g/mol. The van der Waals surface area contributed by atoms with E-state index >= 15 is 0 Å². The zero-order valence-corrected chi connectivity index (χ0v) is 12.4. The van der Waals surface area contributed by atoms with E-state index in [0.717, 1.165) is 31.7 Å². The van der Waals surface area contributed by atoms with Gasteiger partial charge in [0.15, 0.2) is 0 Å². The molecule has 1 aliphatic rings.